The van der Waals surface area contributed by atoms with Gasteiger partial charge in [0.1, 0.15) is 29.1 Å². The maximum absolute atomic E-state index is 14.0. The number of halogens is 1. The zero-order valence-corrected chi connectivity index (χ0v) is 20.9. The van der Waals surface area contributed by atoms with Crippen LogP contribution in [0.25, 0.3) is 55.6 Å². The highest BCUT2D eigenvalue weighted by molar-refractivity contribution is 6.01. The summed E-state index contributed by atoms with van der Waals surface area (Å²) < 4.78 is 20.2. The molecule has 0 unspecified atom stereocenters. The monoisotopic (exact) mass is 520 g/mol. The predicted molar refractivity (Wildman–Crippen MR) is 148 cm³/mol. The number of aromatic amines is 2. The third-order valence-electron chi connectivity index (χ3n) is 7.16. The van der Waals surface area contributed by atoms with Crippen LogP contribution in [0, 0.1) is 5.82 Å². The number of hydrogen-bond acceptors (Lipinski definition) is 6. The topological polar surface area (TPSA) is 112 Å². The summed E-state index contributed by atoms with van der Waals surface area (Å²) in [7, 11) is 0. The Kier molecular flexibility index (Phi) is 5.70. The molecule has 0 aliphatic carbocycles. The van der Waals surface area contributed by atoms with Crippen LogP contribution in [0.1, 0.15) is 12.8 Å². The normalized spacial score (nSPS) is 14.3. The van der Waals surface area contributed by atoms with Crippen molar-refractivity contribution >= 4 is 21.9 Å². The van der Waals surface area contributed by atoms with E-state index in [0.717, 1.165) is 82.1 Å². The Labute approximate surface area is 222 Å². The number of phenols is 1. The SMILES string of the molecule is Oc1cc(F)cc(-c2cccc3[nH]c(-c4n[nH]c5ncc(-c6cncc(OC7CCNCC7)c6)cc45)cc23)c1. The molecule has 1 saturated heterocycles. The molecule has 0 spiro atoms. The summed E-state index contributed by atoms with van der Waals surface area (Å²) in [6.07, 6.45) is 7.50. The molecule has 9 heteroatoms. The fourth-order valence-electron chi connectivity index (χ4n) is 5.28. The van der Waals surface area contributed by atoms with Crippen molar-refractivity contribution in [2.45, 2.75) is 18.9 Å². The van der Waals surface area contributed by atoms with Crippen LogP contribution >= 0.6 is 0 Å². The smallest absolute Gasteiger partial charge is 0.155 e. The van der Waals surface area contributed by atoms with Crippen LogP contribution in [0.15, 0.2) is 73.2 Å². The van der Waals surface area contributed by atoms with E-state index in [-0.39, 0.29) is 11.9 Å². The third-order valence-corrected chi connectivity index (χ3v) is 7.16. The van der Waals surface area contributed by atoms with E-state index in [9.17, 15) is 9.50 Å². The van der Waals surface area contributed by atoms with Gasteiger partial charge in [0.05, 0.1) is 11.9 Å². The Morgan fingerprint density at radius 1 is 0.897 bits per heavy atom. The Hall–Kier alpha value is -4.76. The summed E-state index contributed by atoms with van der Waals surface area (Å²) in [6, 6.07) is 15.9. The quantitative estimate of drug-likeness (QED) is 0.228. The number of rotatable bonds is 5. The minimum absolute atomic E-state index is 0.116. The third kappa shape index (κ3) is 4.46. The largest absolute Gasteiger partial charge is 0.508 e. The summed E-state index contributed by atoms with van der Waals surface area (Å²) in [6.45, 7) is 1.92. The average Bonchev–Trinajstić information content (AvgIpc) is 3.57. The summed E-state index contributed by atoms with van der Waals surface area (Å²) in [5.41, 5.74) is 6.27. The first-order valence-corrected chi connectivity index (χ1v) is 12.9. The first kappa shape index (κ1) is 23.4. The molecule has 5 heterocycles. The lowest BCUT2D eigenvalue weighted by Crippen LogP contribution is -2.34. The molecule has 4 N–H and O–H groups in total. The fourth-order valence-corrected chi connectivity index (χ4v) is 5.28. The van der Waals surface area contributed by atoms with Gasteiger partial charge in [0.2, 0.25) is 0 Å². The summed E-state index contributed by atoms with van der Waals surface area (Å²) >= 11 is 0. The van der Waals surface area contributed by atoms with E-state index in [2.05, 4.69) is 30.5 Å². The minimum Gasteiger partial charge on any atom is -0.508 e. The number of benzene rings is 2. The molecule has 7 rings (SSSR count). The zero-order valence-electron chi connectivity index (χ0n) is 20.9. The molecule has 8 nitrogen and oxygen atoms in total. The lowest BCUT2D eigenvalue weighted by molar-refractivity contribution is 0.162. The Balaban J connectivity index is 1.26. The molecule has 1 aliphatic rings. The van der Waals surface area contributed by atoms with Gasteiger partial charge in [0.15, 0.2) is 5.65 Å². The van der Waals surface area contributed by atoms with Crippen LogP contribution in [0.4, 0.5) is 4.39 Å². The van der Waals surface area contributed by atoms with Gasteiger partial charge in [0, 0.05) is 45.9 Å². The van der Waals surface area contributed by atoms with Gasteiger partial charge in [-0.1, -0.05) is 12.1 Å². The van der Waals surface area contributed by atoms with E-state index in [0.29, 0.717) is 11.2 Å². The van der Waals surface area contributed by atoms with Gasteiger partial charge < -0.3 is 20.1 Å². The number of hydrogen-bond donors (Lipinski definition) is 4. The summed E-state index contributed by atoms with van der Waals surface area (Å²) in [5, 5.41) is 22.6. The van der Waals surface area contributed by atoms with Gasteiger partial charge in [-0.3, -0.25) is 10.1 Å². The van der Waals surface area contributed by atoms with Crippen molar-refractivity contribution in [1.29, 1.82) is 0 Å². The van der Waals surface area contributed by atoms with Gasteiger partial charge in [-0.15, -0.1) is 0 Å². The average molecular weight is 521 g/mol. The van der Waals surface area contributed by atoms with Crippen molar-refractivity contribution in [3.63, 3.8) is 0 Å². The predicted octanol–water partition coefficient (Wildman–Crippen LogP) is 5.81. The highest BCUT2D eigenvalue weighted by Crippen LogP contribution is 2.36. The van der Waals surface area contributed by atoms with Crippen LogP contribution < -0.4 is 10.1 Å². The van der Waals surface area contributed by atoms with Crippen LogP contribution in [-0.4, -0.2) is 49.4 Å². The van der Waals surface area contributed by atoms with Crippen LogP contribution in [0.5, 0.6) is 11.5 Å². The molecule has 0 radical (unpaired) electrons. The Bertz CT molecular complexity index is 1800. The molecule has 6 aromatic rings. The Morgan fingerprint density at radius 3 is 2.64 bits per heavy atom. The molecule has 0 amide bonds. The maximum atomic E-state index is 14.0. The van der Waals surface area contributed by atoms with E-state index in [1.165, 1.54) is 6.07 Å². The van der Waals surface area contributed by atoms with Gasteiger partial charge >= 0.3 is 0 Å². The first-order chi connectivity index (χ1) is 19.1. The highest BCUT2D eigenvalue weighted by Gasteiger charge is 2.17. The Morgan fingerprint density at radius 2 is 1.77 bits per heavy atom. The molecule has 194 valence electrons. The molecule has 2 aromatic carbocycles. The van der Waals surface area contributed by atoms with Crippen molar-refractivity contribution in [2.24, 2.45) is 0 Å². The van der Waals surface area contributed by atoms with E-state index in [4.69, 9.17) is 4.74 Å². The van der Waals surface area contributed by atoms with Crippen LogP contribution in [0.2, 0.25) is 0 Å². The molecule has 1 aliphatic heterocycles. The number of nitrogens with one attached hydrogen (secondary N) is 3. The number of phenolic OH excluding ortho intramolecular Hbond substituents is 1. The lowest BCUT2D eigenvalue weighted by atomic mass is 10.0. The van der Waals surface area contributed by atoms with E-state index >= 15 is 0 Å². The summed E-state index contributed by atoms with van der Waals surface area (Å²) in [5.74, 6) is 0.141. The number of pyridine rings is 2. The molecule has 39 heavy (non-hydrogen) atoms. The minimum atomic E-state index is -0.491. The number of nitrogens with zero attached hydrogens (tertiary/aromatic N) is 3. The van der Waals surface area contributed by atoms with E-state index < -0.39 is 5.82 Å². The number of piperidine rings is 1. The summed E-state index contributed by atoms with van der Waals surface area (Å²) in [4.78, 5) is 12.5. The molecule has 0 atom stereocenters. The molecule has 0 saturated carbocycles. The second kappa shape index (κ2) is 9.52. The van der Waals surface area contributed by atoms with Crippen molar-refractivity contribution in [3.05, 3.63) is 79.0 Å². The molecule has 0 bridgehead atoms. The maximum Gasteiger partial charge on any atom is 0.155 e. The second-order valence-corrected chi connectivity index (χ2v) is 9.82. The lowest BCUT2D eigenvalue weighted by Gasteiger charge is -2.23. The van der Waals surface area contributed by atoms with Crippen molar-refractivity contribution in [2.75, 3.05) is 13.1 Å². The standard InChI is InChI=1S/C30H25FN6O2/c31-20-8-17(9-21(38)12-20)24-2-1-3-27-25(24)13-28(35-27)29-26-11-19(15-34-30(26)37-36-29)18-10-23(16-33-14-18)39-22-4-6-32-7-5-22/h1-3,8-16,22,32,35,38H,4-7H2,(H,34,36,37). The number of fused-ring (bicyclic) bond motifs is 2. The van der Waals surface area contributed by atoms with Gasteiger partial charge in [-0.2, -0.15) is 5.10 Å². The number of aromatic nitrogens is 5. The molecule has 1 fully saturated rings. The zero-order chi connectivity index (χ0) is 26.3. The molecular weight excluding hydrogens is 495 g/mol. The van der Waals surface area contributed by atoms with Crippen LogP contribution in [-0.2, 0) is 0 Å². The van der Waals surface area contributed by atoms with Gasteiger partial charge in [-0.05, 0) is 73.5 Å². The molecular formula is C30H25FN6O2. The number of H-pyrrole nitrogens is 2. The van der Waals surface area contributed by atoms with Gasteiger partial charge in [0.25, 0.3) is 0 Å². The highest BCUT2D eigenvalue weighted by atomic mass is 19.1. The number of aromatic hydroxyl groups is 1. The van der Waals surface area contributed by atoms with E-state index in [1.807, 2.05) is 42.6 Å². The van der Waals surface area contributed by atoms with E-state index in [1.54, 1.807) is 18.5 Å². The van der Waals surface area contributed by atoms with Crippen molar-refractivity contribution in [1.82, 2.24) is 30.5 Å². The second-order valence-electron chi connectivity index (χ2n) is 9.82. The van der Waals surface area contributed by atoms with Gasteiger partial charge in [-0.25, -0.2) is 9.37 Å². The first-order valence-electron chi connectivity index (χ1n) is 12.9. The van der Waals surface area contributed by atoms with Crippen LogP contribution in [0.3, 0.4) is 0 Å². The number of ether oxygens (including phenoxy) is 1. The molecule has 4 aromatic heterocycles. The van der Waals surface area contributed by atoms with Crippen molar-refractivity contribution < 1.29 is 14.2 Å². The van der Waals surface area contributed by atoms with Crippen molar-refractivity contribution in [3.8, 4) is 45.1 Å². The fraction of sp³-hybridized carbons (Fsp3) is 0.167.